The van der Waals surface area contributed by atoms with Crippen molar-refractivity contribution in [2.75, 3.05) is 26.2 Å². The lowest BCUT2D eigenvalue weighted by molar-refractivity contribution is 0.0600. The van der Waals surface area contributed by atoms with Gasteiger partial charge in [-0.05, 0) is 24.1 Å². The van der Waals surface area contributed by atoms with Gasteiger partial charge in [-0.2, -0.15) is 0 Å². The summed E-state index contributed by atoms with van der Waals surface area (Å²) in [6.07, 6.45) is 0. The number of benzene rings is 1. The van der Waals surface area contributed by atoms with Crippen molar-refractivity contribution in [3.8, 4) is 11.5 Å². The molecule has 100 valence electrons. The van der Waals surface area contributed by atoms with Crippen molar-refractivity contribution >= 4 is 21.9 Å². The van der Waals surface area contributed by atoms with Gasteiger partial charge >= 0.3 is 5.97 Å². The monoisotopic (exact) mass is 316 g/mol. The maximum absolute atomic E-state index is 11.4. The fourth-order valence-electron chi connectivity index (χ4n) is 1.31. The lowest BCUT2D eigenvalue weighted by Crippen LogP contribution is -2.10. The van der Waals surface area contributed by atoms with Crippen LogP contribution in [0.3, 0.4) is 0 Å². The van der Waals surface area contributed by atoms with Gasteiger partial charge in [0, 0.05) is 5.33 Å². The number of ether oxygens (including phenoxy) is 3. The molecule has 0 heterocycles. The van der Waals surface area contributed by atoms with E-state index < -0.39 is 5.97 Å². The maximum atomic E-state index is 11.4. The number of carbonyl (C=O) groups excluding carboxylic acids is 1. The van der Waals surface area contributed by atoms with Crippen molar-refractivity contribution in [1.29, 1.82) is 0 Å². The van der Waals surface area contributed by atoms with Crippen LogP contribution in [0.4, 0.5) is 0 Å². The van der Waals surface area contributed by atoms with Crippen LogP contribution in [0.1, 0.15) is 17.3 Å². The van der Waals surface area contributed by atoms with Gasteiger partial charge in [0.2, 0.25) is 0 Å². The number of hydrogen-bond donors (Lipinski definition) is 0. The van der Waals surface area contributed by atoms with Crippen LogP contribution in [0, 0.1) is 5.92 Å². The average molecular weight is 317 g/mol. The molecule has 0 saturated heterocycles. The molecule has 1 rings (SSSR count). The SMILES string of the molecule is COC(=O)c1ccc(OCC(C)CBr)c(OC)c1. The molecule has 1 unspecified atom stereocenters. The number of alkyl halides is 1. The van der Waals surface area contributed by atoms with Crippen LogP contribution >= 0.6 is 15.9 Å². The third-order valence-corrected chi connectivity index (χ3v) is 3.48. The molecule has 5 heteroatoms. The van der Waals surface area contributed by atoms with Crippen molar-refractivity contribution < 1.29 is 19.0 Å². The lowest BCUT2D eigenvalue weighted by Gasteiger charge is -2.14. The van der Waals surface area contributed by atoms with E-state index in [1.807, 2.05) is 0 Å². The minimum Gasteiger partial charge on any atom is -0.493 e. The zero-order chi connectivity index (χ0) is 13.5. The highest BCUT2D eigenvalue weighted by Gasteiger charge is 2.12. The number of methoxy groups -OCH3 is 2. The molecule has 0 amide bonds. The van der Waals surface area contributed by atoms with Gasteiger partial charge in [0.1, 0.15) is 0 Å². The number of carbonyl (C=O) groups is 1. The van der Waals surface area contributed by atoms with Gasteiger partial charge in [-0.1, -0.05) is 22.9 Å². The normalized spacial score (nSPS) is 11.8. The van der Waals surface area contributed by atoms with Crippen molar-refractivity contribution in [1.82, 2.24) is 0 Å². The topological polar surface area (TPSA) is 44.8 Å². The maximum Gasteiger partial charge on any atom is 0.337 e. The number of halogens is 1. The van der Waals surface area contributed by atoms with E-state index in [1.54, 1.807) is 18.2 Å². The molecular formula is C13H17BrO4. The quantitative estimate of drug-likeness (QED) is 0.598. The van der Waals surface area contributed by atoms with Crippen LogP contribution in [-0.4, -0.2) is 32.1 Å². The second kappa shape index (κ2) is 7.26. The molecule has 0 N–H and O–H groups in total. The summed E-state index contributed by atoms with van der Waals surface area (Å²) < 4.78 is 15.5. The summed E-state index contributed by atoms with van der Waals surface area (Å²) in [7, 11) is 2.88. The zero-order valence-corrected chi connectivity index (χ0v) is 12.3. The molecule has 0 saturated carbocycles. The molecule has 0 fully saturated rings. The first-order valence-corrected chi connectivity index (χ1v) is 6.69. The van der Waals surface area contributed by atoms with Gasteiger partial charge in [-0.3, -0.25) is 0 Å². The number of rotatable bonds is 6. The van der Waals surface area contributed by atoms with Crippen molar-refractivity contribution in [2.24, 2.45) is 5.92 Å². The summed E-state index contributed by atoms with van der Waals surface area (Å²) in [4.78, 5) is 11.4. The van der Waals surface area contributed by atoms with Gasteiger partial charge in [0.25, 0.3) is 0 Å². The number of hydrogen-bond acceptors (Lipinski definition) is 4. The lowest BCUT2D eigenvalue weighted by atomic mass is 10.2. The van der Waals surface area contributed by atoms with E-state index in [9.17, 15) is 4.79 Å². The van der Waals surface area contributed by atoms with Gasteiger partial charge in [0.05, 0.1) is 26.4 Å². The first kappa shape index (κ1) is 14.8. The standard InChI is InChI=1S/C13H17BrO4/c1-9(7-14)8-18-11-5-4-10(13(15)17-3)6-12(11)16-2/h4-6,9H,7-8H2,1-3H3. The van der Waals surface area contributed by atoms with Crippen molar-refractivity contribution in [3.63, 3.8) is 0 Å². The Morgan fingerprint density at radius 3 is 2.61 bits per heavy atom. The summed E-state index contributed by atoms with van der Waals surface area (Å²) >= 11 is 3.39. The van der Waals surface area contributed by atoms with E-state index in [0.29, 0.717) is 29.6 Å². The molecule has 0 spiro atoms. The van der Waals surface area contributed by atoms with Crippen LogP contribution in [0.5, 0.6) is 11.5 Å². The Bertz CT molecular complexity index is 406. The highest BCUT2D eigenvalue weighted by molar-refractivity contribution is 9.09. The van der Waals surface area contributed by atoms with Crippen LogP contribution < -0.4 is 9.47 Å². The second-order valence-corrected chi connectivity index (χ2v) is 4.58. The Kier molecular flexibility index (Phi) is 5.98. The molecule has 1 atom stereocenters. The van der Waals surface area contributed by atoms with Crippen LogP contribution in [0.25, 0.3) is 0 Å². The van der Waals surface area contributed by atoms with E-state index in [4.69, 9.17) is 9.47 Å². The predicted octanol–water partition coefficient (Wildman–Crippen LogP) is 2.89. The molecular weight excluding hydrogens is 300 g/mol. The molecule has 1 aromatic carbocycles. The van der Waals surface area contributed by atoms with Crippen LogP contribution in [-0.2, 0) is 4.74 Å². The van der Waals surface area contributed by atoms with Crippen molar-refractivity contribution in [3.05, 3.63) is 23.8 Å². The van der Waals surface area contributed by atoms with Crippen molar-refractivity contribution in [2.45, 2.75) is 6.92 Å². The summed E-state index contributed by atoms with van der Waals surface area (Å²) in [5.41, 5.74) is 0.440. The zero-order valence-electron chi connectivity index (χ0n) is 10.7. The largest absolute Gasteiger partial charge is 0.493 e. The molecule has 4 nitrogen and oxygen atoms in total. The average Bonchev–Trinajstić information content (AvgIpc) is 2.43. The third-order valence-electron chi connectivity index (χ3n) is 2.37. The molecule has 0 aromatic heterocycles. The van der Waals surface area contributed by atoms with Gasteiger partial charge < -0.3 is 14.2 Å². The van der Waals surface area contributed by atoms with E-state index in [2.05, 4.69) is 27.6 Å². The first-order valence-electron chi connectivity index (χ1n) is 5.57. The Morgan fingerprint density at radius 2 is 2.06 bits per heavy atom. The van der Waals surface area contributed by atoms with E-state index in [0.717, 1.165) is 5.33 Å². The summed E-state index contributed by atoms with van der Waals surface area (Å²) in [5, 5.41) is 0.871. The highest BCUT2D eigenvalue weighted by atomic mass is 79.9. The molecule has 0 aliphatic heterocycles. The number of esters is 1. The molecule has 0 bridgehead atoms. The summed E-state index contributed by atoms with van der Waals surface area (Å²) in [6, 6.07) is 4.98. The van der Waals surface area contributed by atoms with Crippen LogP contribution in [0.2, 0.25) is 0 Å². The summed E-state index contributed by atoms with van der Waals surface area (Å²) in [6.45, 7) is 2.66. The molecule has 1 aromatic rings. The van der Waals surface area contributed by atoms with Gasteiger partial charge in [0.15, 0.2) is 11.5 Å². The Morgan fingerprint density at radius 1 is 1.33 bits per heavy atom. The Hall–Kier alpha value is -1.23. The fourth-order valence-corrected chi connectivity index (χ4v) is 1.50. The van der Waals surface area contributed by atoms with E-state index in [-0.39, 0.29) is 0 Å². The molecule has 0 aliphatic rings. The van der Waals surface area contributed by atoms with Crippen LogP contribution in [0.15, 0.2) is 18.2 Å². The van der Waals surface area contributed by atoms with E-state index >= 15 is 0 Å². The Balaban J connectivity index is 2.83. The predicted molar refractivity (Wildman–Crippen MR) is 72.8 cm³/mol. The Labute approximate surface area is 115 Å². The molecule has 0 radical (unpaired) electrons. The van der Waals surface area contributed by atoms with Gasteiger partial charge in [-0.15, -0.1) is 0 Å². The summed E-state index contributed by atoms with van der Waals surface area (Å²) in [5.74, 6) is 1.15. The smallest absolute Gasteiger partial charge is 0.337 e. The first-order chi connectivity index (χ1) is 8.62. The molecule has 18 heavy (non-hydrogen) atoms. The minimum atomic E-state index is -0.395. The minimum absolute atomic E-state index is 0.395. The second-order valence-electron chi connectivity index (χ2n) is 3.93. The third kappa shape index (κ3) is 3.91. The van der Waals surface area contributed by atoms with E-state index in [1.165, 1.54) is 14.2 Å². The van der Waals surface area contributed by atoms with Gasteiger partial charge in [-0.25, -0.2) is 4.79 Å². The molecule has 0 aliphatic carbocycles. The fraction of sp³-hybridized carbons (Fsp3) is 0.462. The highest BCUT2D eigenvalue weighted by Crippen LogP contribution is 2.28.